The van der Waals surface area contributed by atoms with Crippen molar-refractivity contribution >= 4 is 39.3 Å². The Morgan fingerprint density at radius 3 is 2.33 bits per heavy atom. The Labute approximate surface area is 206 Å². The van der Waals surface area contributed by atoms with Crippen molar-refractivity contribution in [2.45, 2.75) is 20.8 Å². The molecular formula is C29H23NO6. The molecule has 0 fully saturated rings. The molecular weight excluding hydrogens is 458 g/mol. The van der Waals surface area contributed by atoms with Gasteiger partial charge in [0.15, 0.2) is 16.9 Å². The summed E-state index contributed by atoms with van der Waals surface area (Å²) in [6, 6.07) is 18.3. The molecule has 7 nitrogen and oxygen atoms in total. The third kappa shape index (κ3) is 4.15. The second-order valence-electron chi connectivity index (χ2n) is 8.45. The monoisotopic (exact) mass is 481 g/mol. The van der Waals surface area contributed by atoms with Crippen LogP contribution in [-0.4, -0.2) is 18.3 Å². The summed E-state index contributed by atoms with van der Waals surface area (Å²) >= 11 is 0. The molecule has 0 aliphatic carbocycles. The first-order valence-corrected chi connectivity index (χ1v) is 11.5. The fourth-order valence-electron chi connectivity index (χ4n) is 4.03. The van der Waals surface area contributed by atoms with E-state index in [0.717, 1.165) is 17.2 Å². The van der Waals surface area contributed by atoms with Crippen molar-refractivity contribution in [3.05, 3.63) is 105 Å². The van der Waals surface area contributed by atoms with Gasteiger partial charge in [0, 0.05) is 17.0 Å². The van der Waals surface area contributed by atoms with Crippen molar-refractivity contribution < 1.29 is 23.2 Å². The van der Waals surface area contributed by atoms with E-state index in [4.69, 9.17) is 13.6 Å². The number of nitrogens with one attached hydrogen (secondary N) is 1. The molecule has 0 saturated heterocycles. The van der Waals surface area contributed by atoms with Gasteiger partial charge in [0.25, 0.3) is 5.91 Å². The molecule has 0 aliphatic heterocycles. The normalized spacial score (nSPS) is 11.1. The van der Waals surface area contributed by atoms with Crippen molar-refractivity contribution in [2.24, 2.45) is 0 Å². The molecule has 0 aliphatic rings. The highest BCUT2D eigenvalue weighted by atomic mass is 16.5. The van der Waals surface area contributed by atoms with Crippen LogP contribution in [0.2, 0.25) is 0 Å². The number of hydrogen-bond acceptors (Lipinski definition) is 6. The lowest BCUT2D eigenvalue weighted by molar-refractivity contribution is 0.0997. The predicted molar refractivity (Wildman–Crippen MR) is 137 cm³/mol. The zero-order valence-electron chi connectivity index (χ0n) is 20.0. The Hall–Kier alpha value is -4.65. The van der Waals surface area contributed by atoms with E-state index in [0.29, 0.717) is 39.9 Å². The number of anilines is 1. The molecule has 5 aromatic rings. The Morgan fingerprint density at radius 2 is 1.58 bits per heavy atom. The summed E-state index contributed by atoms with van der Waals surface area (Å²) in [5, 5.41) is 3.69. The Bertz CT molecular complexity index is 1690. The molecule has 180 valence electrons. The summed E-state index contributed by atoms with van der Waals surface area (Å²) in [6.07, 6.45) is 0. The molecule has 1 N–H and O–H groups in total. The van der Waals surface area contributed by atoms with Gasteiger partial charge in [-0.2, -0.15) is 0 Å². The third-order valence-corrected chi connectivity index (χ3v) is 6.04. The fourth-order valence-corrected chi connectivity index (χ4v) is 4.03. The lowest BCUT2D eigenvalue weighted by Gasteiger charge is -2.08. The zero-order valence-corrected chi connectivity index (χ0v) is 20.0. The van der Waals surface area contributed by atoms with Crippen LogP contribution in [-0.2, 0) is 0 Å². The molecule has 2 aromatic heterocycles. The Kier molecular flexibility index (Phi) is 5.90. The molecule has 0 unspecified atom stereocenters. The van der Waals surface area contributed by atoms with E-state index < -0.39 is 11.7 Å². The van der Waals surface area contributed by atoms with Gasteiger partial charge in [0.05, 0.1) is 17.7 Å². The lowest BCUT2D eigenvalue weighted by atomic mass is 10.1. The van der Waals surface area contributed by atoms with E-state index in [9.17, 15) is 14.4 Å². The van der Waals surface area contributed by atoms with Crippen LogP contribution in [0.15, 0.2) is 80.4 Å². The van der Waals surface area contributed by atoms with Gasteiger partial charge >= 0.3 is 0 Å². The number of para-hydroxylation sites is 1. The van der Waals surface area contributed by atoms with E-state index in [-0.39, 0.29) is 22.6 Å². The summed E-state index contributed by atoms with van der Waals surface area (Å²) in [5.74, 6) is -0.622. The van der Waals surface area contributed by atoms with Crippen LogP contribution >= 0.6 is 0 Å². The highest BCUT2D eigenvalue weighted by molar-refractivity contribution is 6.18. The number of amides is 1. The number of carbonyl (C=O) groups excluding carboxylic acids is 2. The quantitative estimate of drug-likeness (QED) is 0.297. The van der Waals surface area contributed by atoms with Gasteiger partial charge in [-0.05, 0) is 80.4 Å². The first-order chi connectivity index (χ1) is 17.4. The summed E-state index contributed by atoms with van der Waals surface area (Å²) in [5.41, 5.74) is 2.90. The number of aryl methyl sites for hydroxylation is 2. The van der Waals surface area contributed by atoms with Gasteiger partial charge < -0.3 is 18.9 Å². The average molecular weight is 482 g/mol. The molecule has 3 aromatic carbocycles. The number of rotatable bonds is 6. The van der Waals surface area contributed by atoms with Gasteiger partial charge in [-0.3, -0.25) is 14.4 Å². The van der Waals surface area contributed by atoms with Crippen molar-refractivity contribution in [2.75, 3.05) is 11.9 Å². The lowest BCUT2D eigenvalue weighted by Crippen LogP contribution is -2.16. The maximum absolute atomic E-state index is 13.4. The number of hydrogen-bond donors (Lipinski definition) is 1. The largest absolute Gasteiger partial charge is 0.494 e. The molecule has 0 bridgehead atoms. The van der Waals surface area contributed by atoms with Crippen molar-refractivity contribution in [1.82, 2.24) is 0 Å². The first-order valence-electron chi connectivity index (χ1n) is 11.5. The molecule has 0 atom stereocenters. The second kappa shape index (κ2) is 9.19. The van der Waals surface area contributed by atoms with E-state index >= 15 is 0 Å². The number of benzene rings is 3. The van der Waals surface area contributed by atoms with Crippen LogP contribution in [0, 0.1) is 13.8 Å². The van der Waals surface area contributed by atoms with Gasteiger partial charge in [0.1, 0.15) is 16.9 Å². The van der Waals surface area contributed by atoms with Crippen LogP contribution in [0.1, 0.15) is 44.7 Å². The molecule has 2 heterocycles. The standard InChI is InChI=1S/C29H23NO6/c1-4-34-19-11-9-18(10-12-19)27(32)28-26(20-7-5-6-8-23(20)36-28)30-29(33)25-15-22(31)21-13-16(2)17(3)14-24(21)35-25/h5-15H,4H2,1-3H3,(H,30,33). The van der Waals surface area contributed by atoms with Crippen LogP contribution in [0.25, 0.3) is 21.9 Å². The molecule has 36 heavy (non-hydrogen) atoms. The predicted octanol–water partition coefficient (Wildman–Crippen LogP) is 6.04. The maximum Gasteiger partial charge on any atom is 0.291 e. The number of ketones is 1. The van der Waals surface area contributed by atoms with Crippen LogP contribution < -0.4 is 15.5 Å². The minimum Gasteiger partial charge on any atom is -0.494 e. The van der Waals surface area contributed by atoms with Crippen molar-refractivity contribution in [3.63, 3.8) is 0 Å². The topological polar surface area (TPSA) is 98.7 Å². The molecule has 0 saturated carbocycles. The fraction of sp³-hybridized carbons (Fsp3) is 0.138. The van der Waals surface area contributed by atoms with Gasteiger partial charge in [0.2, 0.25) is 5.78 Å². The molecule has 7 heteroatoms. The molecule has 0 radical (unpaired) electrons. The SMILES string of the molecule is CCOc1ccc(C(=O)c2oc3ccccc3c2NC(=O)c2cc(=O)c3cc(C)c(C)cc3o2)cc1. The number of fused-ring (bicyclic) bond motifs is 2. The molecule has 5 rings (SSSR count). The Balaban J connectivity index is 1.55. The van der Waals surface area contributed by atoms with Crippen LogP contribution in [0.4, 0.5) is 5.69 Å². The van der Waals surface area contributed by atoms with E-state index in [1.807, 2.05) is 20.8 Å². The number of furan rings is 1. The smallest absolute Gasteiger partial charge is 0.291 e. The minimum atomic E-state index is -0.667. The van der Waals surface area contributed by atoms with Crippen LogP contribution in [0.5, 0.6) is 5.75 Å². The zero-order chi connectivity index (χ0) is 25.4. The summed E-state index contributed by atoms with van der Waals surface area (Å²) in [4.78, 5) is 39.3. The maximum atomic E-state index is 13.4. The van der Waals surface area contributed by atoms with E-state index in [1.54, 1.807) is 60.7 Å². The highest BCUT2D eigenvalue weighted by Crippen LogP contribution is 2.33. The van der Waals surface area contributed by atoms with Gasteiger partial charge in [-0.25, -0.2) is 0 Å². The van der Waals surface area contributed by atoms with Crippen LogP contribution in [0.3, 0.4) is 0 Å². The number of carbonyl (C=O) groups is 2. The van der Waals surface area contributed by atoms with E-state index in [1.165, 1.54) is 0 Å². The highest BCUT2D eigenvalue weighted by Gasteiger charge is 2.25. The first kappa shape index (κ1) is 23.1. The Morgan fingerprint density at radius 1 is 0.861 bits per heavy atom. The summed E-state index contributed by atoms with van der Waals surface area (Å²) in [7, 11) is 0. The van der Waals surface area contributed by atoms with Gasteiger partial charge in [-0.15, -0.1) is 0 Å². The second-order valence-corrected chi connectivity index (χ2v) is 8.45. The average Bonchev–Trinajstić information content (AvgIpc) is 3.23. The summed E-state index contributed by atoms with van der Waals surface area (Å²) < 4.78 is 17.1. The number of ether oxygens (including phenoxy) is 1. The third-order valence-electron chi connectivity index (χ3n) is 6.04. The molecule has 0 spiro atoms. The van der Waals surface area contributed by atoms with Gasteiger partial charge in [-0.1, -0.05) is 12.1 Å². The minimum absolute atomic E-state index is 0.0247. The van der Waals surface area contributed by atoms with Crippen molar-refractivity contribution in [3.8, 4) is 5.75 Å². The van der Waals surface area contributed by atoms with Crippen molar-refractivity contribution in [1.29, 1.82) is 0 Å². The van der Waals surface area contributed by atoms with E-state index in [2.05, 4.69) is 5.32 Å². The summed E-state index contributed by atoms with van der Waals surface area (Å²) in [6.45, 7) is 6.19. The molecule has 1 amide bonds.